The molecule has 5 N–H and O–H groups in total. The summed E-state index contributed by atoms with van der Waals surface area (Å²) in [6.07, 6.45) is 11.8. The Hall–Kier alpha value is -3.87. The summed E-state index contributed by atoms with van der Waals surface area (Å²) in [5, 5.41) is 9.86. The standard InChI is InChI=1S/C33H44N4O3.C2H6/c1-5-8-9-11-23(10-6-2)24-12-14-25(15-13-24)33(38)37-31(22(4)7-3)27-17-19-30(36-32(27)34)35-26-16-18-28-29(20-26)40-21-39-28;1-2/h12-20,23,30,35-36H,5-11,21,34H2,1-4H3,(H,37,38);1-2H3. The first-order valence-corrected chi connectivity index (χ1v) is 15.7. The molecular formula is C35H50N4O3. The Morgan fingerprint density at radius 1 is 1.00 bits per heavy atom. The zero-order valence-electron chi connectivity index (χ0n) is 26.3. The maximum absolute atomic E-state index is 13.4. The van der Waals surface area contributed by atoms with Crippen molar-refractivity contribution in [3.05, 3.63) is 88.4 Å². The number of anilines is 1. The summed E-state index contributed by atoms with van der Waals surface area (Å²) in [7, 11) is 0. The van der Waals surface area contributed by atoms with Crippen molar-refractivity contribution in [1.29, 1.82) is 0 Å². The molecule has 1 amide bonds. The first-order chi connectivity index (χ1) is 20.4. The van der Waals surface area contributed by atoms with Crippen LogP contribution in [0.15, 0.2) is 77.3 Å². The Morgan fingerprint density at radius 3 is 2.40 bits per heavy atom. The predicted octanol–water partition coefficient (Wildman–Crippen LogP) is 8.09. The Morgan fingerprint density at radius 2 is 1.74 bits per heavy atom. The Balaban J connectivity index is 0.00000237. The molecule has 2 aromatic carbocycles. The zero-order valence-corrected chi connectivity index (χ0v) is 26.3. The smallest absolute Gasteiger partial charge is 0.255 e. The van der Waals surface area contributed by atoms with Gasteiger partial charge in [0, 0.05) is 22.9 Å². The number of hydrogen-bond donors (Lipinski definition) is 4. The second kappa shape index (κ2) is 16.5. The van der Waals surface area contributed by atoms with E-state index in [2.05, 4.69) is 48.9 Å². The number of ether oxygens (including phenoxy) is 2. The molecule has 2 aliphatic rings. The topological polar surface area (TPSA) is 97.6 Å². The molecule has 2 atom stereocenters. The van der Waals surface area contributed by atoms with Crippen molar-refractivity contribution in [2.24, 2.45) is 5.73 Å². The number of carbonyl (C=O) groups is 1. The van der Waals surface area contributed by atoms with Gasteiger partial charge in [0.2, 0.25) is 6.79 Å². The molecule has 0 bridgehead atoms. The molecule has 42 heavy (non-hydrogen) atoms. The number of dihydropyridines is 1. The molecule has 0 radical (unpaired) electrons. The molecule has 0 spiro atoms. The molecule has 0 saturated heterocycles. The van der Waals surface area contributed by atoms with E-state index in [1.54, 1.807) is 0 Å². The number of allylic oxidation sites excluding steroid dienone is 2. The van der Waals surface area contributed by atoms with Gasteiger partial charge in [-0.2, -0.15) is 0 Å². The van der Waals surface area contributed by atoms with Crippen LogP contribution in [0.1, 0.15) is 108 Å². The predicted molar refractivity (Wildman–Crippen MR) is 174 cm³/mol. The zero-order chi connectivity index (χ0) is 30.5. The normalized spacial score (nSPS) is 16.6. The highest BCUT2D eigenvalue weighted by Crippen LogP contribution is 2.34. The van der Waals surface area contributed by atoms with Crippen LogP contribution in [0.3, 0.4) is 0 Å². The van der Waals surface area contributed by atoms with Crippen molar-refractivity contribution < 1.29 is 14.3 Å². The number of unbranched alkanes of at least 4 members (excludes halogenated alkanes) is 2. The van der Waals surface area contributed by atoms with Crippen molar-refractivity contribution in [2.45, 2.75) is 98.6 Å². The molecule has 2 aromatic rings. The lowest BCUT2D eigenvalue weighted by Crippen LogP contribution is -2.40. The van der Waals surface area contributed by atoms with Gasteiger partial charge in [0.25, 0.3) is 5.91 Å². The van der Waals surface area contributed by atoms with E-state index in [1.807, 2.05) is 63.3 Å². The third-order valence-corrected chi connectivity index (χ3v) is 7.65. The van der Waals surface area contributed by atoms with Crippen LogP contribution in [-0.2, 0) is 0 Å². The average molecular weight is 575 g/mol. The number of nitrogens with one attached hydrogen (secondary N) is 3. The summed E-state index contributed by atoms with van der Waals surface area (Å²) in [6, 6.07) is 13.9. The second-order valence-electron chi connectivity index (χ2n) is 10.6. The SMILES string of the molecule is CC.CCCCCC(CCC)c1ccc(C(=O)NC(=C(C)CC)C2=C(N)NC(Nc3ccc4c(c3)OCO4)C=C2)cc1. The van der Waals surface area contributed by atoms with E-state index >= 15 is 0 Å². The van der Waals surface area contributed by atoms with Crippen molar-refractivity contribution in [2.75, 3.05) is 12.1 Å². The van der Waals surface area contributed by atoms with Gasteiger partial charge in [-0.15, -0.1) is 0 Å². The molecule has 7 heteroatoms. The van der Waals surface area contributed by atoms with Crippen LogP contribution in [0.4, 0.5) is 5.69 Å². The molecule has 7 nitrogen and oxygen atoms in total. The largest absolute Gasteiger partial charge is 0.454 e. The third-order valence-electron chi connectivity index (χ3n) is 7.65. The van der Waals surface area contributed by atoms with E-state index in [0.29, 0.717) is 23.1 Å². The van der Waals surface area contributed by atoms with E-state index in [-0.39, 0.29) is 18.9 Å². The molecule has 0 aliphatic carbocycles. The van der Waals surface area contributed by atoms with Crippen molar-refractivity contribution in [3.8, 4) is 11.5 Å². The summed E-state index contributed by atoms with van der Waals surface area (Å²) < 4.78 is 10.9. The molecule has 2 heterocycles. The van der Waals surface area contributed by atoms with Crippen LogP contribution in [0.25, 0.3) is 0 Å². The Bertz CT molecular complexity index is 1260. The van der Waals surface area contributed by atoms with Gasteiger partial charge in [-0.25, -0.2) is 0 Å². The van der Waals surface area contributed by atoms with Crippen molar-refractivity contribution in [1.82, 2.24) is 10.6 Å². The number of rotatable bonds is 13. The molecule has 0 fully saturated rings. The fraction of sp³-hybridized carbons (Fsp3) is 0.457. The number of benzene rings is 2. The minimum Gasteiger partial charge on any atom is -0.454 e. The number of hydrogen-bond acceptors (Lipinski definition) is 6. The minimum atomic E-state index is -0.219. The highest BCUT2D eigenvalue weighted by atomic mass is 16.7. The first-order valence-electron chi connectivity index (χ1n) is 15.7. The van der Waals surface area contributed by atoms with Gasteiger partial charge < -0.3 is 31.2 Å². The van der Waals surface area contributed by atoms with Gasteiger partial charge in [-0.3, -0.25) is 4.79 Å². The van der Waals surface area contributed by atoms with Crippen LogP contribution < -0.4 is 31.2 Å². The lowest BCUT2D eigenvalue weighted by molar-refractivity contribution is 0.0966. The minimum absolute atomic E-state index is 0.137. The molecule has 4 rings (SSSR count). The van der Waals surface area contributed by atoms with E-state index < -0.39 is 0 Å². The summed E-state index contributed by atoms with van der Waals surface area (Å²) in [4.78, 5) is 13.4. The fourth-order valence-corrected chi connectivity index (χ4v) is 5.18. The maximum Gasteiger partial charge on any atom is 0.255 e. The quantitative estimate of drug-likeness (QED) is 0.181. The average Bonchev–Trinajstić information content (AvgIpc) is 3.48. The van der Waals surface area contributed by atoms with E-state index in [0.717, 1.165) is 41.1 Å². The van der Waals surface area contributed by atoms with E-state index in [9.17, 15) is 4.79 Å². The highest BCUT2D eigenvalue weighted by Gasteiger charge is 2.21. The summed E-state index contributed by atoms with van der Waals surface area (Å²) in [6.45, 7) is 12.8. The summed E-state index contributed by atoms with van der Waals surface area (Å²) in [5.74, 6) is 2.36. The van der Waals surface area contributed by atoms with Gasteiger partial charge in [0.05, 0.1) is 5.70 Å². The summed E-state index contributed by atoms with van der Waals surface area (Å²) in [5.41, 5.74) is 11.9. The Kier molecular flexibility index (Phi) is 12.9. The van der Waals surface area contributed by atoms with Gasteiger partial charge in [-0.05, 0) is 79.7 Å². The summed E-state index contributed by atoms with van der Waals surface area (Å²) >= 11 is 0. The molecule has 2 aliphatic heterocycles. The molecular weight excluding hydrogens is 524 g/mol. The van der Waals surface area contributed by atoms with Crippen LogP contribution in [0, 0.1) is 0 Å². The van der Waals surface area contributed by atoms with Crippen LogP contribution in [-0.4, -0.2) is 18.9 Å². The van der Waals surface area contributed by atoms with Gasteiger partial charge in [-0.1, -0.05) is 72.4 Å². The Labute approximate surface area is 252 Å². The highest BCUT2D eigenvalue weighted by molar-refractivity contribution is 5.96. The third kappa shape index (κ3) is 8.57. The molecule has 0 saturated carbocycles. The van der Waals surface area contributed by atoms with E-state index in [4.69, 9.17) is 15.2 Å². The van der Waals surface area contributed by atoms with Crippen molar-refractivity contribution >= 4 is 11.6 Å². The van der Waals surface area contributed by atoms with Crippen LogP contribution in [0.2, 0.25) is 0 Å². The number of fused-ring (bicyclic) bond motifs is 1. The van der Waals surface area contributed by atoms with Gasteiger partial charge in [0.1, 0.15) is 12.0 Å². The van der Waals surface area contributed by atoms with Crippen molar-refractivity contribution in [3.63, 3.8) is 0 Å². The molecule has 228 valence electrons. The lowest BCUT2D eigenvalue weighted by atomic mass is 9.89. The number of carbonyl (C=O) groups excluding carboxylic acids is 1. The van der Waals surface area contributed by atoms with Crippen LogP contribution in [0.5, 0.6) is 11.5 Å². The van der Waals surface area contributed by atoms with Gasteiger partial charge >= 0.3 is 0 Å². The fourth-order valence-electron chi connectivity index (χ4n) is 5.18. The van der Waals surface area contributed by atoms with Crippen LogP contribution >= 0.6 is 0 Å². The van der Waals surface area contributed by atoms with E-state index in [1.165, 1.54) is 37.7 Å². The second-order valence-corrected chi connectivity index (χ2v) is 10.6. The molecule has 2 unspecified atom stereocenters. The number of nitrogens with two attached hydrogens (primary N) is 1. The lowest BCUT2D eigenvalue weighted by Gasteiger charge is -2.26. The molecule has 0 aromatic heterocycles. The first kappa shape index (κ1) is 32.6. The monoisotopic (exact) mass is 574 g/mol. The van der Waals surface area contributed by atoms with Gasteiger partial charge in [0.15, 0.2) is 11.5 Å². The maximum atomic E-state index is 13.4. The number of amides is 1.